The number of thiophene rings is 1. The summed E-state index contributed by atoms with van der Waals surface area (Å²) in [6.07, 6.45) is 1.36. The number of phenols is 1. The highest BCUT2D eigenvalue weighted by Gasteiger charge is 2.15. The third-order valence-corrected chi connectivity index (χ3v) is 5.48. The molecule has 0 aliphatic carbocycles. The van der Waals surface area contributed by atoms with Crippen molar-refractivity contribution in [3.8, 4) is 11.5 Å². The molecule has 0 fully saturated rings. The van der Waals surface area contributed by atoms with E-state index in [1.165, 1.54) is 17.6 Å². The van der Waals surface area contributed by atoms with E-state index in [0.717, 1.165) is 0 Å². The van der Waals surface area contributed by atoms with E-state index in [4.69, 9.17) is 4.74 Å². The van der Waals surface area contributed by atoms with Gasteiger partial charge in [0.25, 0.3) is 5.91 Å². The third-order valence-electron chi connectivity index (χ3n) is 2.60. The van der Waals surface area contributed by atoms with Crippen LogP contribution in [0.4, 0.5) is 0 Å². The first-order valence-corrected chi connectivity index (χ1v) is 8.71. The largest absolute Gasteiger partial charge is 0.504 e. The molecule has 0 spiro atoms. The van der Waals surface area contributed by atoms with Gasteiger partial charge in [0.05, 0.1) is 23.3 Å². The SMILES string of the molecule is CCOc1cc(Br)c(Br)c(/C=N/NC(=O)c2cccs2)c1O. The Hall–Kier alpha value is -1.38. The van der Waals surface area contributed by atoms with Gasteiger partial charge in [-0.15, -0.1) is 11.3 Å². The summed E-state index contributed by atoms with van der Waals surface area (Å²) in [6, 6.07) is 5.15. The number of benzene rings is 1. The minimum absolute atomic E-state index is 0.0500. The molecule has 116 valence electrons. The zero-order valence-electron chi connectivity index (χ0n) is 11.5. The van der Waals surface area contributed by atoms with Crippen LogP contribution in [0, 0.1) is 0 Å². The highest BCUT2D eigenvalue weighted by atomic mass is 79.9. The number of carbonyl (C=O) groups excluding carboxylic acids is 1. The Morgan fingerprint density at radius 3 is 2.95 bits per heavy atom. The molecule has 2 N–H and O–H groups in total. The van der Waals surface area contributed by atoms with Crippen molar-refractivity contribution in [1.82, 2.24) is 5.43 Å². The lowest BCUT2D eigenvalue weighted by Gasteiger charge is -2.11. The normalized spacial score (nSPS) is 10.9. The Morgan fingerprint density at radius 2 is 2.32 bits per heavy atom. The molecular formula is C14H12Br2N2O3S. The Balaban J connectivity index is 2.21. The van der Waals surface area contributed by atoms with Crippen LogP contribution in [0.3, 0.4) is 0 Å². The van der Waals surface area contributed by atoms with Gasteiger partial charge in [0.15, 0.2) is 11.5 Å². The molecular weight excluding hydrogens is 436 g/mol. The van der Waals surface area contributed by atoms with Crippen molar-refractivity contribution in [2.75, 3.05) is 6.61 Å². The minimum Gasteiger partial charge on any atom is -0.504 e. The van der Waals surface area contributed by atoms with E-state index in [2.05, 4.69) is 42.4 Å². The molecule has 5 nitrogen and oxygen atoms in total. The number of nitrogens with one attached hydrogen (secondary N) is 1. The van der Waals surface area contributed by atoms with E-state index >= 15 is 0 Å². The van der Waals surface area contributed by atoms with E-state index in [1.54, 1.807) is 18.2 Å². The van der Waals surface area contributed by atoms with Crippen LogP contribution in [0.15, 0.2) is 37.6 Å². The lowest BCUT2D eigenvalue weighted by atomic mass is 10.2. The smallest absolute Gasteiger partial charge is 0.281 e. The Bertz CT molecular complexity index is 703. The number of halogens is 2. The number of ether oxygens (including phenoxy) is 1. The van der Waals surface area contributed by atoms with E-state index in [0.29, 0.717) is 31.7 Å². The van der Waals surface area contributed by atoms with Crippen LogP contribution in [0.5, 0.6) is 11.5 Å². The van der Waals surface area contributed by atoms with Gasteiger partial charge in [0, 0.05) is 8.95 Å². The Labute approximate surface area is 148 Å². The number of nitrogens with zero attached hydrogens (tertiary/aromatic N) is 1. The molecule has 1 aromatic carbocycles. The molecule has 0 radical (unpaired) electrons. The van der Waals surface area contributed by atoms with Crippen molar-refractivity contribution in [1.29, 1.82) is 0 Å². The standard InChI is InChI=1S/C14H12Br2N2O3S/c1-2-21-10-6-9(15)12(16)8(13(10)19)7-17-18-14(20)11-4-3-5-22-11/h3-7,19H,2H2,1H3,(H,18,20)/b17-7+. The second kappa shape index (κ2) is 7.75. The van der Waals surface area contributed by atoms with E-state index in [9.17, 15) is 9.90 Å². The first-order valence-electron chi connectivity index (χ1n) is 6.25. The van der Waals surface area contributed by atoms with Crippen LogP contribution >= 0.6 is 43.2 Å². The molecule has 8 heteroatoms. The monoisotopic (exact) mass is 446 g/mol. The quantitative estimate of drug-likeness (QED) is 0.534. The van der Waals surface area contributed by atoms with Gasteiger partial charge in [0.1, 0.15) is 0 Å². The predicted molar refractivity (Wildman–Crippen MR) is 94.1 cm³/mol. The maximum Gasteiger partial charge on any atom is 0.281 e. The number of hydrogen-bond donors (Lipinski definition) is 2. The number of rotatable bonds is 5. The zero-order chi connectivity index (χ0) is 16.1. The van der Waals surface area contributed by atoms with Crippen LogP contribution < -0.4 is 10.2 Å². The van der Waals surface area contributed by atoms with Crippen LogP contribution in [0.2, 0.25) is 0 Å². The average Bonchev–Trinajstić information content (AvgIpc) is 3.02. The average molecular weight is 448 g/mol. The van der Waals surface area contributed by atoms with Crippen LogP contribution in [0.1, 0.15) is 22.2 Å². The lowest BCUT2D eigenvalue weighted by molar-refractivity contribution is 0.0959. The summed E-state index contributed by atoms with van der Waals surface area (Å²) < 4.78 is 6.67. The molecule has 1 aromatic heterocycles. The maximum absolute atomic E-state index is 11.8. The summed E-state index contributed by atoms with van der Waals surface area (Å²) in [6.45, 7) is 2.25. The zero-order valence-corrected chi connectivity index (χ0v) is 15.5. The minimum atomic E-state index is -0.304. The van der Waals surface area contributed by atoms with Crippen LogP contribution in [0.25, 0.3) is 0 Å². The van der Waals surface area contributed by atoms with Crippen molar-refractivity contribution in [3.05, 3.63) is 43.0 Å². The Kier molecular flexibility index (Phi) is 5.98. The number of hydrogen-bond acceptors (Lipinski definition) is 5. The van der Waals surface area contributed by atoms with Gasteiger partial charge >= 0.3 is 0 Å². The van der Waals surface area contributed by atoms with E-state index < -0.39 is 0 Å². The van der Waals surface area contributed by atoms with Crippen LogP contribution in [-0.2, 0) is 0 Å². The predicted octanol–water partition coefficient (Wildman–Crippen LogP) is 4.14. The maximum atomic E-state index is 11.8. The molecule has 0 atom stereocenters. The molecule has 2 aromatic rings. The second-order valence-electron chi connectivity index (χ2n) is 4.04. The van der Waals surface area contributed by atoms with Crippen molar-refractivity contribution in [3.63, 3.8) is 0 Å². The van der Waals surface area contributed by atoms with Crippen molar-refractivity contribution >= 4 is 55.3 Å². The molecule has 2 rings (SSSR count). The summed E-state index contributed by atoms with van der Waals surface area (Å²) in [4.78, 5) is 12.3. The molecule has 0 saturated heterocycles. The van der Waals surface area contributed by atoms with Gasteiger partial charge in [0.2, 0.25) is 0 Å². The summed E-state index contributed by atoms with van der Waals surface area (Å²) in [5.41, 5.74) is 2.82. The molecule has 0 bridgehead atoms. The number of phenolic OH excluding ortho intramolecular Hbond substituents is 1. The topological polar surface area (TPSA) is 70.9 Å². The van der Waals surface area contributed by atoms with Gasteiger partial charge in [-0.25, -0.2) is 5.43 Å². The summed E-state index contributed by atoms with van der Waals surface area (Å²) in [5.74, 6) is -0.0171. The van der Waals surface area contributed by atoms with E-state index in [1.807, 2.05) is 12.3 Å². The van der Waals surface area contributed by atoms with Gasteiger partial charge < -0.3 is 9.84 Å². The Morgan fingerprint density at radius 1 is 1.55 bits per heavy atom. The number of carbonyl (C=O) groups is 1. The molecule has 22 heavy (non-hydrogen) atoms. The first-order chi connectivity index (χ1) is 10.5. The van der Waals surface area contributed by atoms with Crippen molar-refractivity contribution in [2.45, 2.75) is 6.92 Å². The van der Waals surface area contributed by atoms with Gasteiger partial charge in [-0.3, -0.25) is 4.79 Å². The fourth-order valence-corrected chi connectivity index (χ4v) is 3.05. The number of amides is 1. The molecule has 0 aliphatic heterocycles. The third kappa shape index (κ3) is 3.88. The lowest BCUT2D eigenvalue weighted by Crippen LogP contribution is -2.16. The number of hydrazone groups is 1. The fourth-order valence-electron chi connectivity index (χ4n) is 1.61. The van der Waals surface area contributed by atoms with Crippen molar-refractivity contribution < 1.29 is 14.6 Å². The molecule has 0 saturated carbocycles. The van der Waals surface area contributed by atoms with Gasteiger partial charge in [-0.2, -0.15) is 5.10 Å². The summed E-state index contributed by atoms with van der Waals surface area (Å²) in [5, 5.41) is 15.9. The van der Waals surface area contributed by atoms with Gasteiger partial charge in [-0.1, -0.05) is 6.07 Å². The second-order valence-corrected chi connectivity index (χ2v) is 6.64. The molecule has 0 unspecified atom stereocenters. The summed E-state index contributed by atoms with van der Waals surface area (Å²) in [7, 11) is 0. The highest BCUT2D eigenvalue weighted by Crippen LogP contribution is 2.39. The van der Waals surface area contributed by atoms with E-state index in [-0.39, 0.29) is 11.7 Å². The first kappa shape index (κ1) is 17.0. The highest BCUT2D eigenvalue weighted by molar-refractivity contribution is 9.13. The fraction of sp³-hybridized carbons (Fsp3) is 0.143. The molecule has 0 aliphatic rings. The van der Waals surface area contributed by atoms with Gasteiger partial charge in [-0.05, 0) is 56.3 Å². The molecule has 1 amide bonds. The van der Waals surface area contributed by atoms with Crippen molar-refractivity contribution in [2.24, 2.45) is 5.10 Å². The number of aromatic hydroxyl groups is 1. The molecule has 1 heterocycles. The van der Waals surface area contributed by atoms with Crippen LogP contribution in [-0.4, -0.2) is 23.8 Å². The summed E-state index contributed by atoms with van der Waals surface area (Å²) >= 11 is 8.05.